The van der Waals surface area contributed by atoms with Crippen molar-refractivity contribution in [1.29, 1.82) is 0 Å². The number of carbonyl (C=O) groups is 3. The van der Waals surface area contributed by atoms with Crippen LogP contribution in [0.1, 0.15) is 38.8 Å². The van der Waals surface area contributed by atoms with Crippen LogP contribution < -0.4 is 5.73 Å². The minimum atomic E-state index is -1.63. The number of amides is 1. The van der Waals surface area contributed by atoms with Gasteiger partial charge >= 0.3 is 11.9 Å². The van der Waals surface area contributed by atoms with Crippen molar-refractivity contribution in [2.75, 3.05) is 0 Å². The van der Waals surface area contributed by atoms with Crippen LogP contribution in [0.2, 0.25) is 0 Å². The lowest BCUT2D eigenvalue weighted by Gasteiger charge is -2.17. The fourth-order valence-electron chi connectivity index (χ4n) is 1.61. The molecule has 2 atom stereocenters. The van der Waals surface area contributed by atoms with Crippen LogP contribution in [0.3, 0.4) is 0 Å². The SMILES string of the molecule is NC(=O)CC(O)C(O)c1cc(C(=O)O)cc(C(=O)O)c1. The zero-order chi connectivity index (χ0) is 15.4. The summed E-state index contributed by atoms with van der Waals surface area (Å²) in [6.07, 6.45) is -3.72. The second-order valence-electron chi connectivity index (χ2n) is 4.14. The molecule has 0 saturated heterocycles. The van der Waals surface area contributed by atoms with E-state index in [2.05, 4.69) is 0 Å². The molecule has 8 heteroatoms. The zero-order valence-corrected chi connectivity index (χ0v) is 10.2. The molecule has 0 radical (unpaired) electrons. The quantitative estimate of drug-likeness (QED) is 0.464. The third-order valence-electron chi connectivity index (χ3n) is 2.57. The van der Waals surface area contributed by atoms with Crippen molar-refractivity contribution in [3.05, 3.63) is 34.9 Å². The summed E-state index contributed by atoms with van der Waals surface area (Å²) in [5.41, 5.74) is 4.03. The molecule has 1 rings (SSSR count). The van der Waals surface area contributed by atoms with E-state index in [9.17, 15) is 24.6 Å². The molecule has 20 heavy (non-hydrogen) atoms. The van der Waals surface area contributed by atoms with Crippen LogP contribution in [-0.2, 0) is 4.79 Å². The maximum absolute atomic E-state index is 10.9. The molecule has 0 aliphatic rings. The van der Waals surface area contributed by atoms with Gasteiger partial charge in [-0.1, -0.05) is 0 Å². The highest BCUT2D eigenvalue weighted by Gasteiger charge is 2.23. The normalized spacial score (nSPS) is 13.5. The Kier molecular flexibility index (Phi) is 4.78. The van der Waals surface area contributed by atoms with Gasteiger partial charge in [0.1, 0.15) is 6.10 Å². The van der Waals surface area contributed by atoms with E-state index in [1.807, 2.05) is 0 Å². The number of rotatable bonds is 6. The molecule has 1 aromatic carbocycles. The average Bonchev–Trinajstić information content (AvgIpc) is 2.36. The first kappa shape index (κ1) is 15.6. The molecule has 2 unspecified atom stereocenters. The van der Waals surface area contributed by atoms with E-state index >= 15 is 0 Å². The number of carbonyl (C=O) groups excluding carboxylic acids is 1. The Hall–Kier alpha value is -2.45. The first-order valence-corrected chi connectivity index (χ1v) is 5.48. The van der Waals surface area contributed by atoms with Crippen LogP contribution in [0.4, 0.5) is 0 Å². The number of benzene rings is 1. The molecule has 0 aromatic heterocycles. The number of aliphatic hydroxyl groups excluding tert-OH is 2. The second kappa shape index (κ2) is 6.13. The molecule has 6 N–H and O–H groups in total. The van der Waals surface area contributed by atoms with E-state index < -0.39 is 36.5 Å². The van der Waals surface area contributed by atoms with Crippen LogP contribution in [0.5, 0.6) is 0 Å². The molecule has 0 bridgehead atoms. The molecule has 0 heterocycles. The number of aliphatic hydroxyl groups is 2. The summed E-state index contributed by atoms with van der Waals surface area (Å²) in [7, 11) is 0. The summed E-state index contributed by atoms with van der Waals surface area (Å²) in [5.74, 6) is -3.62. The van der Waals surface area contributed by atoms with Crippen molar-refractivity contribution >= 4 is 17.8 Å². The van der Waals surface area contributed by atoms with Crippen molar-refractivity contribution < 1.29 is 34.8 Å². The van der Waals surface area contributed by atoms with Gasteiger partial charge in [0, 0.05) is 0 Å². The Morgan fingerprint density at radius 1 is 1.00 bits per heavy atom. The maximum Gasteiger partial charge on any atom is 0.335 e. The highest BCUT2D eigenvalue weighted by molar-refractivity contribution is 5.94. The molecular weight excluding hydrogens is 270 g/mol. The van der Waals surface area contributed by atoms with Crippen LogP contribution >= 0.6 is 0 Å². The Bertz CT molecular complexity index is 522. The third kappa shape index (κ3) is 3.77. The predicted octanol–water partition coefficient (Wildman–Crippen LogP) is -0.647. The monoisotopic (exact) mass is 283 g/mol. The standard InChI is InChI=1S/C12H13NO7/c13-9(15)4-8(14)10(16)5-1-6(11(17)18)3-7(2-5)12(19)20/h1-3,8,10,14,16H,4H2,(H2,13,15)(H,17,18)(H,19,20). The van der Waals surface area contributed by atoms with Gasteiger partial charge < -0.3 is 26.2 Å². The summed E-state index contributed by atoms with van der Waals surface area (Å²) in [6, 6.07) is 2.95. The smallest absolute Gasteiger partial charge is 0.335 e. The first-order chi connectivity index (χ1) is 9.22. The van der Waals surface area contributed by atoms with Crippen molar-refractivity contribution in [3.63, 3.8) is 0 Å². The molecule has 1 amide bonds. The second-order valence-corrected chi connectivity index (χ2v) is 4.14. The molecular formula is C12H13NO7. The van der Waals surface area contributed by atoms with Crippen LogP contribution in [-0.4, -0.2) is 44.4 Å². The maximum atomic E-state index is 10.9. The van der Waals surface area contributed by atoms with Crippen LogP contribution in [0.15, 0.2) is 18.2 Å². The topological polar surface area (TPSA) is 158 Å². The van der Waals surface area contributed by atoms with Gasteiger partial charge in [0.25, 0.3) is 0 Å². The van der Waals surface area contributed by atoms with Crippen LogP contribution in [0, 0.1) is 0 Å². The fraction of sp³-hybridized carbons (Fsp3) is 0.250. The lowest BCUT2D eigenvalue weighted by Crippen LogP contribution is -2.26. The minimum absolute atomic E-state index is 0.129. The molecule has 1 aromatic rings. The predicted molar refractivity (Wildman–Crippen MR) is 65.1 cm³/mol. The first-order valence-electron chi connectivity index (χ1n) is 5.48. The van der Waals surface area contributed by atoms with Crippen molar-refractivity contribution in [3.8, 4) is 0 Å². The largest absolute Gasteiger partial charge is 0.478 e. The van der Waals surface area contributed by atoms with Gasteiger partial charge in [0.05, 0.1) is 23.7 Å². The number of carboxylic acid groups (broad SMARTS) is 2. The molecule has 0 spiro atoms. The lowest BCUT2D eigenvalue weighted by molar-refractivity contribution is -0.121. The van der Waals surface area contributed by atoms with Gasteiger partial charge in [-0.2, -0.15) is 0 Å². The Balaban J connectivity index is 3.19. The van der Waals surface area contributed by atoms with E-state index in [0.717, 1.165) is 18.2 Å². The van der Waals surface area contributed by atoms with Gasteiger partial charge in [-0.25, -0.2) is 9.59 Å². The van der Waals surface area contributed by atoms with E-state index in [0.29, 0.717) is 0 Å². The van der Waals surface area contributed by atoms with Crippen LogP contribution in [0.25, 0.3) is 0 Å². The number of hydrogen-bond acceptors (Lipinski definition) is 5. The zero-order valence-electron chi connectivity index (χ0n) is 10.2. The summed E-state index contributed by atoms with van der Waals surface area (Å²) >= 11 is 0. The van der Waals surface area contributed by atoms with E-state index in [4.69, 9.17) is 15.9 Å². The summed E-state index contributed by atoms with van der Waals surface area (Å²) in [6.45, 7) is 0. The average molecular weight is 283 g/mol. The molecule has 0 aliphatic heterocycles. The van der Waals surface area contributed by atoms with Gasteiger partial charge in [0.15, 0.2) is 0 Å². The van der Waals surface area contributed by atoms with E-state index in [-0.39, 0.29) is 16.7 Å². The van der Waals surface area contributed by atoms with Gasteiger partial charge in [-0.05, 0) is 23.8 Å². The molecule has 0 fully saturated rings. The fourth-order valence-corrected chi connectivity index (χ4v) is 1.61. The summed E-state index contributed by atoms with van der Waals surface area (Å²) in [5, 5.41) is 37.1. The minimum Gasteiger partial charge on any atom is -0.478 e. The summed E-state index contributed by atoms with van der Waals surface area (Å²) < 4.78 is 0. The molecule has 108 valence electrons. The van der Waals surface area contributed by atoms with Gasteiger partial charge in [0.2, 0.25) is 5.91 Å². The van der Waals surface area contributed by atoms with E-state index in [1.165, 1.54) is 0 Å². The Labute approximate surface area is 113 Å². The Morgan fingerprint density at radius 2 is 1.45 bits per heavy atom. The van der Waals surface area contributed by atoms with Crippen molar-refractivity contribution in [1.82, 2.24) is 0 Å². The lowest BCUT2D eigenvalue weighted by atomic mass is 9.97. The number of hydrogen-bond donors (Lipinski definition) is 5. The number of aromatic carboxylic acids is 2. The summed E-state index contributed by atoms with van der Waals surface area (Å²) in [4.78, 5) is 32.4. The van der Waals surface area contributed by atoms with Gasteiger partial charge in [-0.3, -0.25) is 4.79 Å². The third-order valence-corrected chi connectivity index (χ3v) is 2.57. The molecule has 0 aliphatic carbocycles. The van der Waals surface area contributed by atoms with Crippen molar-refractivity contribution in [2.24, 2.45) is 5.73 Å². The Morgan fingerprint density at radius 3 is 1.80 bits per heavy atom. The highest BCUT2D eigenvalue weighted by atomic mass is 16.4. The molecule has 8 nitrogen and oxygen atoms in total. The number of primary amides is 1. The van der Waals surface area contributed by atoms with Gasteiger partial charge in [-0.15, -0.1) is 0 Å². The molecule has 0 saturated carbocycles. The highest BCUT2D eigenvalue weighted by Crippen LogP contribution is 2.22. The van der Waals surface area contributed by atoms with Crippen molar-refractivity contribution in [2.45, 2.75) is 18.6 Å². The van der Waals surface area contributed by atoms with E-state index in [1.54, 1.807) is 0 Å². The number of nitrogens with two attached hydrogens (primary N) is 1. The number of carboxylic acids is 2.